The van der Waals surface area contributed by atoms with E-state index in [1.807, 2.05) is 14.1 Å². The van der Waals surface area contributed by atoms with Crippen LogP contribution in [0.3, 0.4) is 0 Å². The fourth-order valence-corrected chi connectivity index (χ4v) is 9.89. The Labute approximate surface area is 251 Å². The van der Waals surface area contributed by atoms with Gasteiger partial charge in [-0.1, -0.05) is 17.7 Å². The number of amides is 2. The smallest absolute Gasteiger partial charge is 0.282 e. The SMILES string of the molecule is CN1Cc2nc(C(=O)N3CCN(S(=O)(=O)c4cc5ccc(Cl)cc5s4)C(CC(=O)N4CCOCC4)C3)sc2CN1C. The molecule has 2 fully saturated rings. The van der Waals surface area contributed by atoms with Gasteiger partial charge in [-0.2, -0.15) is 4.31 Å². The predicted molar refractivity (Wildman–Crippen MR) is 157 cm³/mol. The molecule has 3 aliphatic heterocycles. The Bertz CT molecular complexity index is 1560. The number of rotatable bonds is 5. The van der Waals surface area contributed by atoms with Gasteiger partial charge < -0.3 is 14.5 Å². The van der Waals surface area contributed by atoms with Crippen LogP contribution in [-0.2, 0) is 32.6 Å². The van der Waals surface area contributed by atoms with Gasteiger partial charge in [-0.05, 0) is 23.6 Å². The van der Waals surface area contributed by atoms with E-state index in [0.29, 0.717) is 49.4 Å². The molecule has 11 nitrogen and oxygen atoms in total. The summed E-state index contributed by atoms with van der Waals surface area (Å²) in [6.07, 6.45) is -0.0241. The number of carbonyl (C=O) groups is 2. The number of ether oxygens (including phenoxy) is 1. The van der Waals surface area contributed by atoms with Crippen LogP contribution < -0.4 is 0 Å². The number of halogens is 1. The Morgan fingerprint density at radius 1 is 1.02 bits per heavy atom. The minimum Gasteiger partial charge on any atom is -0.378 e. The number of thiazole rings is 1. The van der Waals surface area contributed by atoms with Crippen molar-refractivity contribution in [3.63, 3.8) is 0 Å². The van der Waals surface area contributed by atoms with Crippen molar-refractivity contribution >= 4 is 66.2 Å². The lowest BCUT2D eigenvalue weighted by Crippen LogP contribution is -2.57. The van der Waals surface area contributed by atoms with E-state index in [1.54, 1.807) is 34.1 Å². The molecule has 41 heavy (non-hydrogen) atoms. The van der Waals surface area contributed by atoms with E-state index in [1.165, 1.54) is 15.6 Å². The van der Waals surface area contributed by atoms with Gasteiger partial charge in [0.05, 0.1) is 31.5 Å². The van der Waals surface area contributed by atoms with Crippen molar-refractivity contribution in [1.82, 2.24) is 29.1 Å². The van der Waals surface area contributed by atoms with Crippen LogP contribution in [0.5, 0.6) is 0 Å². The zero-order valence-corrected chi connectivity index (χ0v) is 26.0. The van der Waals surface area contributed by atoms with E-state index >= 15 is 0 Å². The number of aromatic nitrogens is 1. The van der Waals surface area contributed by atoms with E-state index in [9.17, 15) is 18.0 Å². The molecule has 6 rings (SSSR count). The third-order valence-electron chi connectivity index (χ3n) is 7.81. The van der Waals surface area contributed by atoms with Crippen molar-refractivity contribution in [3.8, 4) is 0 Å². The van der Waals surface area contributed by atoms with Gasteiger partial charge in [0, 0.05) is 74.4 Å². The van der Waals surface area contributed by atoms with Crippen LogP contribution >= 0.6 is 34.3 Å². The summed E-state index contributed by atoms with van der Waals surface area (Å²) in [5, 5.41) is 5.85. The Hall–Kier alpha value is -2.17. The zero-order chi connectivity index (χ0) is 28.9. The Kier molecular flexibility index (Phi) is 8.11. The van der Waals surface area contributed by atoms with Gasteiger partial charge in [-0.15, -0.1) is 22.7 Å². The third-order valence-corrected chi connectivity index (χ3v) is 12.6. The normalized spacial score (nSPS) is 21.4. The van der Waals surface area contributed by atoms with Crippen molar-refractivity contribution in [2.24, 2.45) is 0 Å². The topological polar surface area (TPSA) is 107 Å². The van der Waals surface area contributed by atoms with Crippen molar-refractivity contribution in [2.75, 3.05) is 60.0 Å². The van der Waals surface area contributed by atoms with Crippen molar-refractivity contribution in [3.05, 3.63) is 44.9 Å². The molecule has 5 heterocycles. The van der Waals surface area contributed by atoms with Gasteiger partial charge in [0.25, 0.3) is 15.9 Å². The summed E-state index contributed by atoms with van der Waals surface area (Å²) in [5.41, 5.74) is 0.893. The molecule has 2 amide bonds. The number of benzene rings is 1. The summed E-state index contributed by atoms with van der Waals surface area (Å²) in [7, 11) is 0.0288. The van der Waals surface area contributed by atoms with E-state index in [0.717, 1.165) is 32.0 Å². The molecule has 0 bridgehead atoms. The summed E-state index contributed by atoms with van der Waals surface area (Å²) in [6, 6.07) is 6.21. The predicted octanol–water partition coefficient (Wildman–Crippen LogP) is 2.57. The Balaban J connectivity index is 1.27. The molecule has 220 valence electrons. The van der Waals surface area contributed by atoms with E-state index < -0.39 is 16.1 Å². The third kappa shape index (κ3) is 5.76. The number of hydrogen-bond acceptors (Lipinski definition) is 10. The second-order valence-corrected chi connectivity index (χ2v) is 15.2. The van der Waals surface area contributed by atoms with Crippen LogP contribution in [0.4, 0.5) is 0 Å². The summed E-state index contributed by atoms with van der Waals surface area (Å²) < 4.78 is 35.7. The molecule has 0 saturated carbocycles. The van der Waals surface area contributed by atoms with Crippen LogP contribution in [0.1, 0.15) is 26.8 Å². The maximum Gasteiger partial charge on any atom is 0.282 e. The molecule has 0 aliphatic carbocycles. The number of carbonyl (C=O) groups excluding carboxylic acids is 2. The molecule has 2 saturated heterocycles. The number of fused-ring (bicyclic) bond motifs is 2. The average Bonchev–Trinajstić information content (AvgIpc) is 3.57. The number of hydrogen-bond donors (Lipinski definition) is 0. The summed E-state index contributed by atoms with van der Waals surface area (Å²) >= 11 is 8.68. The van der Waals surface area contributed by atoms with E-state index in [4.69, 9.17) is 16.3 Å². The fraction of sp³-hybridized carbons (Fsp3) is 0.500. The first-order valence-electron chi connectivity index (χ1n) is 13.4. The highest BCUT2D eigenvalue weighted by atomic mass is 35.5. The van der Waals surface area contributed by atoms with Gasteiger partial charge in [-0.25, -0.2) is 23.4 Å². The number of thiophene rings is 1. The van der Waals surface area contributed by atoms with Crippen LogP contribution in [0.15, 0.2) is 28.5 Å². The molecular weight excluding hydrogens is 608 g/mol. The van der Waals surface area contributed by atoms with Crippen LogP contribution in [0.25, 0.3) is 10.1 Å². The molecule has 1 unspecified atom stereocenters. The van der Waals surface area contributed by atoms with Gasteiger partial charge >= 0.3 is 0 Å². The molecule has 2 aromatic heterocycles. The van der Waals surface area contributed by atoms with Gasteiger partial charge in [0.1, 0.15) is 4.21 Å². The highest BCUT2D eigenvalue weighted by Gasteiger charge is 2.41. The molecule has 1 atom stereocenters. The molecule has 0 radical (unpaired) electrons. The van der Waals surface area contributed by atoms with Gasteiger partial charge in [0.2, 0.25) is 5.91 Å². The molecule has 0 N–H and O–H groups in total. The Morgan fingerprint density at radius 3 is 2.56 bits per heavy atom. The van der Waals surface area contributed by atoms with Crippen LogP contribution in [0.2, 0.25) is 5.02 Å². The number of morpholine rings is 1. The van der Waals surface area contributed by atoms with Crippen LogP contribution in [0, 0.1) is 0 Å². The standard InChI is InChI=1S/C26H31ClN6O5S3/c1-29-15-20-22(16-30(29)2)40-25(28-20)26(35)32-5-6-33(19(14-32)13-23(34)31-7-9-38-10-8-31)41(36,37)24-11-17-3-4-18(27)12-21(17)39-24/h3-4,11-12,19H,5-10,13-16H2,1-2H3. The molecule has 0 spiro atoms. The lowest BCUT2D eigenvalue weighted by atomic mass is 10.1. The first kappa shape index (κ1) is 28.9. The zero-order valence-electron chi connectivity index (χ0n) is 22.8. The highest BCUT2D eigenvalue weighted by Crippen LogP contribution is 2.35. The lowest BCUT2D eigenvalue weighted by Gasteiger charge is -2.40. The minimum absolute atomic E-state index is 0.0241. The number of piperazine rings is 1. The number of hydrazine groups is 1. The first-order chi connectivity index (χ1) is 19.6. The largest absolute Gasteiger partial charge is 0.378 e. The summed E-state index contributed by atoms with van der Waals surface area (Å²) in [5.74, 6) is -0.376. The minimum atomic E-state index is -3.94. The van der Waals surface area contributed by atoms with Crippen LogP contribution in [-0.4, -0.2) is 115 Å². The van der Waals surface area contributed by atoms with Crippen molar-refractivity contribution in [2.45, 2.75) is 29.8 Å². The maximum atomic E-state index is 14.0. The van der Waals surface area contributed by atoms with Gasteiger partial charge in [0.15, 0.2) is 5.01 Å². The van der Waals surface area contributed by atoms with Crippen molar-refractivity contribution < 1.29 is 22.7 Å². The molecular formula is C26H31ClN6O5S3. The van der Waals surface area contributed by atoms with E-state index in [2.05, 4.69) is 15.0 Å². The highest BCUT2D eigenvalue weighted by molar-refractivity contribution is 7.91. The number of sulfonamides is 1. The molecule has 3 aliphatic rings. The fourth-order valence-electron chi connectivity index (χ4n) is 5.40. The number of nitrogens with zero attached hydrogens (tertiary/aromatic N) is 6. The van der Waals surface area contributed by atoms with Crippen molar-refractivity contribution in [1.29, 1.82) is 0 Å². The summed E-state index contributed by atoms with van der Waals surface area (Å²) in [4.78, 5) is 36.0. The summed E-state index contributed by atoms with van der Waals surface area (Å²) in [6.45, 7) is 3.53. The monoisotopic (exact) mass is 638 g/mol. The molecule has 1 aromatic carbocycles. The second-order valence-electron chi connectivity index (χ2n) is 10.5. The lowest BCUT2D eigenvalue weighted by molar-refractivity contribution is -0.136. The molecule has 3 aromatic rings. The first-order valence-corrected chi connectivity index (χ1v) is 16.8. The molecule has 15 heteroatoms. The maximum absolute atomic E-state index is 14.0. The quantitative estimate of drug-likeness (QED) is 0.420. The Morgan fingerprint density at radius 2 is 1.78 bits per heavy atom. The average molecular weight is 639 g/mol. The second kappa shape index (κ2) is 11.5. The van der Waals surface area contributed by atoms with E-state index in [-0.39, 0.29) is 42.1 Å². The van der Waals surface area contributed by atoms with Gasteiger partial charge in [-0.3, -0.25) is 9.59 Å².